The van der Waals surface area contributed by atoms with Crippen LogP contribution in [0.2, 0.25) is 0 Å². The van der Waals surface area contributed by atoms with Crippen LogP contribution in [0.15, 0.2) is 30.5 Å². The number of morpholine rings is 1. The van der Waals surface area contributed by atoms with E-state index in [0.29, 0.717) is 19.1 Å². The van der Waals surface area contributed by atoms with E-state index in [1.54, 1.807) is 11.3 Å². The molecule has 0 spiro atoms. The van der Waals surface area contributed by atoms with Crippen LogP contribution in [-0.2, 0) is 16.1 Å². The molecule has 3 rings (SSSR count). The molecule has 6 heteroatoms. The molecule has 2 aromatic rings. The van der Waals surface area contributed by atoms with Crippen LogP contribution in [-0.4, -0.2) is 41.6 Å². The second-order valence-corrected chi connectivity index (χ2v) is 7.52. The first kappa shape index (κ1) is 17.1. The molecule has 0 bridgehead atoms. The molecule has 2 N–H and O–H groups in total. The van der Waals surface area contributed by atoms with Crippen LogP contribution in [0, 0.1) is 0 Å². The van der Waals surface area contributed by atoms with E-state index < -0.39 is 12.0 Å². The number of benzene rings is 1. The largest absolute Gasteiger partial charge is 0.367 e. The third kappa shape index (κ3) is 4.01. The topological polar surface area (TPSA) is 68.5 Å². The molecule has 1 saturated heterocycles. The lowest BCUT2D eigenvalue weighted by Gasteiger charge is -2.30. The monoisotopic (exact) mass is 345 g/mol. The molecule has 1 aromatic heterocycles. The smallest absolute Gasteiger partial charge is 0.247 e. The number of ether oxygens (including phenoxy) is 1. The van der Waals surface area contributed by atoms with Crippen molar-refractivity contribution in [1.82, 2.24) is 9.88 Å². The van der Waals surface area contributed by atoms with E-state index >= 15 is 0 Å². The molecule has 1 fully saturated rings. The average Bonchev–Trinajstić information content (AvgIpc) is 3.03. The molecule has 1 unspecified atom stereocenters. The Morgan fingerprint density at radius 1 is 1.42 bits per heavy atom. The molecular weight excluding hydrogens is 322 g/mol. The summed E-state index contributed by atoms with van der Waals surface area (Å²) < 4.78 is 5.38. The van der Waals surface area contributed by atoms with Gasteiger partial charge >= 0.3 is 0 Å². The van der Waals surface area contributed by atoms with Crippen LogP contribution in [0.3, 0.4) is 0 Å². The fraction of sp³-hybridized carbons (Fsp3) is 0.444. The Morgan fingerprint density at radius 3 is 2.83 bits per heavy atom. The van der Waals surface area contributed by atoms with Crippen LogP contribution >= 0.6 is 11.3 Å². The van der Waals surface area contributed by atoms with Crippen molar-refractivity contribution in [2.75, 3.05) is 19.7 Å². The number of carbonyl (C=O) groups excluding carboxylic acids is 1. The maximum absolute atomic E-state index is 11.3. The molecule has 1 aliphatic rings. The molecule has 0 radical (unpaired) electrons. The third-order valence-corrected chi connectivity index (χ3v) is 5.26. The highest BCUT2D eigenvalue weighted by Crippen LogP contribution is 2.27. The number of hydrogen-bond donors (Lipinski definition) is 1. The first-order valence-corrected chi connectivity index (χ1v) is 9.03. The standard InChI is InChI=1S/C18H23N3O2S/c1-12(2)13-3-5-14(6-4-13)18-20-9-15(24-18)10-21-7-8-23-16(11-21)17(19)22/h3-6,9,12,16H,7-8,10-11H2,1-2H3,(H2,19,22). The van der Waals surface area contributed by atoms with Crippen LogP contribution < -0.4 is 5.73 Å². The van der Waals surface area contributed by atoms with E-state index in [9.17, 15) is 4.79 Å². The van der Waals surface area contributed by atoms with Gasteiger partial charge in [0.25, 0.3) is 0 Å². The Hall–Kier alpha value is -1.76. The number of hydrogen-bond acceptors (Lipinski definition) is 5. The predicted molar refractivity (Wildman–Crippen MR) is 95.9 cm³/mol. The molecule has 1 aliphatic heterocycles. The van der Waals surface area contributed by atoms with Crippen molar-refractivity contribution in [2.24, 2.45) is 5.73 Å². The molecule has 1 atom stereocenters. The molecule has 5 nitrogen and oxygen atoms in total. The Balaban J connectivity index is 1.66. The van der Waals surface area contributed by atoms with Crippen molar-refractivity contribution >= 4 is 17.2 Å². The van der Waals surface area contributed by atoms with E-state index in [1.807, 2.05) is 6.20 Å². The van der Waals surface area contributed by atoms with Gasteiger partial charge < -0.3 is 10.5 Å². The minimum absolute atomic E-state index is 0.394. The fourth-order valence-electron chi connectivity index (χ4n) is 2.76. The average molecular weight is 345 g/mol. The van der Waals surface area contributed by atoms with Gasteiger partial charge in [-0.25, -0.2) is 4.98 Å². The number of rotatable bonds is 5. The number of thiazole rings is 1. The Bertz CT molecular complexity index is 697. The number of nitrogens with two attached hydrogens (primary N) is 1. The number of aromatic nitrogens is 1. The number of nitrogens with zero attached hydrogens (tertiary/aromatic N) is 2. The van der Waals surface area contributed by atoms with E-state index in [2.05, 4.69) is 48.0 Å². The van der Waals surface area contributed by atoms with E-state index in [4.69, 9.17) is 10.5 Å². The van der Waals surface area contributed by atoms with Crippen molar-refractivity contribution in [3.05, 3.63) is 40.9 Å². The molecule has 1 amide bonds. The van der Waals surface area contributed by atoms with Crippen molar-refractivity contribution < 1.29 is 9.53 Å². The van der Waals surface area contributed by atoms with Gasteiger partial charge in [0.15, 0.2) is 0 Å². The lowest BCUT2D eigenvalue weighted by molar-refractivity contribution is -0.135. The number of primary amides is 1. The van der Waals surface area contributed by atoms with Crippen LogP contribution in [0.1, 0.15) is 30.2 Å². The minimum Gasteiger partial charge on any atom is -0.367 e. The summed E-state index contributed by atoms with van der Waals surface area (Å²) in [5.41, 5.74) is 7.82. The summed E-state index contributed by atoms with van der Waals surface area (Å²) in [4.78, 5) is 19.2. The molecule has 0 aliphatic carbocycles. The zero-order chi connectivity index (χ0) is 17.1. The second-order valence-electron chi connectivity index (χ2n) is 6.41. The maximum atomic E-state index is 11.3. The van der Waals surface area contributed by atoms with Crippen LogP contribution in [0.5, 0.6) is 0 Å². The van der Waals surface area contributed by atoms with E-state index in [1.165, 1.54) is 10.4 Å². The Morgan fingerprint density at radius 2 is 2.17 bits per heavy atom. The highest BCUT2D eigenvalue weighted by molar-refractivity contribution is 7.15. The number of amides is 1. The first-order valence-electron chi connectivity index (χ1n) is 8.21. The fourth-order valence-corrected chi connectivity index (χ4v) is 3.72. The minimum atomic E-state index is -0.505. The zero-order valence-corrected chi connectivity index (χ0v) is 14.9. The van der Waals surface area contributed by atoms with Crippen molar-refractivity contribution in [3.63, 3.8) is 0 Å². The van der Waals surface area contributed by atoms with Gasteiger partial charge in [-0.3, -0.25) is 9.69 Å². The van der Waals surface area contributed by atoms with Gasteiger partial charge in [-0.15, -0.1) is 11.3 Å². The molecule has 24 heavy (non-hydrogen) atoms. The molecule has 0 saturated carbocycles. The van der Waals surface area contributed by atoms with Gasteiger partial charge in [-0.1, -0.05) is 38.1 Å². The second kappa shape index (κ2) is 7.42. The van der Waals surface area contributed by atoms with E-state index in [-0.39, 0.29) is 0 Å². The molecule has 1 aromatic carbocycles. The summed E-state index contributed by atoms with van der Waals surface area (Å²) in [6, 6.07) is 8.60. The quantitative estimate of drug-likeness (QED) is 0.904. The lowest BCUT2D eigenvalue weighted by Crippen LogP contribution is -2.47. The molecule has 128 valence electrons. The Kier molecular flexibility index (Phi) is 5.28. The summed E-state index contributed by atoms with van der Waals surface area (Å²) in [5, 5.41) is 1.03. The lowest BCUT2D eigenvalue weighted by atomic mass is 10.0. The summed E-state index contributed by atoms with van der Waals surface area (Å²) in [5.74, 6) is 0.139. The van der Waals surface area contributed by atoms with Gasteiger partial charge in [0.2, 0.25) is 5.91 Å². The zero-order valence-electron chi connectivity index (χ0n) is 14.1. The van der Waals surface area contributed by atoms with Crippen molar-refractivity contribution in [3.8, 4) is 10.6 Å². The number of carbonyl (C=O) groups is 1. The highest BCUT2D eigenvalue weighted by atomic mass is 32.1. The van der Waals surface area contributed by atoms with Crippen LogP contribution in [0.4, 0.5) is 0 Å². The molecular formula is C18H23N3O2S. The first-order chi connectivity index (χ1) is 11.5. The summed E-state index contributed by atoms with van der Waals surface area (Å²) in [7, 11) is 0. The highest BCUT2D eigenvalue weighted by Gasteiger charge is 2.25. The van der Waals surface area contributed by atoms with Gasteiger partial charge in [0, 0.05) is 36.3 Å². The van der Waals surface area contributed by atoms with Gasteiger partial charge in [0.1, 0.15) is 11.1 Å². The third-order valence-electron chi connectivity index (χ3n) is 4.23. The summed E-state index contributed by atoms with van der Waals surface area (Å²) in [6.45, 7) is 7.05. The van der Waals surface area contributed by atoms with Crippen LogP contribution in [0.25, 0.3) is 10.6 Å². The predicted octanol–water partition coefficient (Wildman–Crippen LogP) is 2.62. The normalized spacial score (nSPS) is 18.9. The van der Waals surface area contributed by atoms with Gasteiger partial charge in [-0.2, -0.15) is 0 Å². The van der Waals surface area contributed by atoms with Crippen molar-refractivity contribution in [1.29, 1.82) is 0 Å². The van der Waals surface area contributed by atoms with E-state index in [0.717, 1.165) is 23.7 Å². The maximum Gasteiger partial charge on any atom is 0.247 e. The molecule has 2 heterocycles. The van der Waals surface area contributed by atoms with Gasteiger partial charge in [0.05, 0.1) is 6.61 Å². The van der Waals surface area contributed by atoms with Crippen molar-refractivity contribution in [2.45, 2.75) is 32.4 Å². The van der Waals surface area contributed by atoms with Gasteiger partial charge in [-0.05, 0) is 11.5 Å². The summed E-state index contributed by atoms with van der Waals surface area (Å²) in [6.07, 6.45) is 1.42. The SMILES string of the molecule is CC(C)c1ccc(-c2ncc(CN3CCOC(C(N)=O)C3)s2)cc1. The summed E-state index contributed by atoms with van der Waals surface area (Å²) >= 11 is 1.69. The Labute approximate surface area is 146 Å².